The molecule has 0 aliphatic carbocycles. The number of rotatable bonds is 5. The number of furan rings is 1. The van der Waals surface area contributed by atoms with E-state index < -0.39 is 0 Å². The van der Waals surface area contributed by atoms with E-state index in [2.05, 4.69) is 20.5 Å². The standard InChI is InChI=1S/C15H13ClN4O2/c16-11-5-3-10(4-6-11)14-18-13(19-20-14)7-8-17-15(21)12-2-1-9-22-12/h1-6,9H,7-8H2,(H,17,21)(H,18,19,20). The van der Waals surface area contributed by atoms with E-state index in [1.165, 1.54) is 6.26 Å². The number of nitrogens with zero attached hydrogens (tertiary/aromatic N) is 2. The summed E-state index contributed by atoms with van der Waals surface area (Å²) in [7, 11) is 0. The number of hydrogen-bond acceptors (Lipinski definition) is 4. The van der Waals surface area contributed by atoms with Crippen molar-refractivity contribution >= 4 is 17.5 Å². The fraction of sp³-hybridized carbons (Fsp3) is 0.133. The topological polar surface area (TPSA) is 83.8 Å². The van der Waals surface area contributed by atoms with Gasteiger partial charge in [-0.25, -0.2) is 4.98 Å². The maximum Gasteiger partial charge on any atom is 0.286 e. The molecule has 7 heteroatoms. The van der Waals surface area contributed by atoms with E-state index in [0.717, 1.165) is 5.56 Å². The molecule has 1 amide bonds. The smallest absolute Gasteiger partial charge is 0.286 e. The second kappa shape index (κ2) is 6.44. The molecule has 2 heterocycles. The van der Waals surface area contributed by atoms with Crippen LogP contribution in [0.1, 0.15) is 16.4 Å². The van der Waals surface area contributed by atoms with Crippen molar-refractivity contribution in [3.05, 3.63) is 59.3 Å². The average molecular weight is 317 g/mol. The third-order valence-electron chi connectivity index (χ3n) is 3.03. The van der Waals surface area contributed by atoms with Crippen LogP contribution >= 0.6 is 11.6 Å². The van der Waals surface area contributed by atoms with Gasteiger partial charge >= 0.3 is 0 Å². The van der Waals surface area contributed by atoms with Crippen molar-refractivity contribution < 1.29 is 9.21 Å². The van der Waals surface area contributed by atoms with Crippen molar-refractivity contribution in [2.75, 3.05) is 6.54 Å². The number of halogens is 1. The minimum absolute atomic E-state index is 0.248. The maximum atomic E-state index is 11.7. The lowest BCUT2D eigenvalue weighted by molar-refractivity contribution is 0.0926. The van der Waals surface area contributed by atoms with Gasteiger partial charge in [0.05, 0.1) is 6.26 Å². The number of H-pyrrole nitrogens is 1. The molecule has 0 fully saturated rings. The van der Waals surface area contributed by atoms with Gasteiger partial charge in [-0.1, -0.05) is 11.6 Å². The van der Waals surface area contributed by atoms with Gasteiger partial charge in [0.1, 0.15) is 5.82 Å². The molecule has 0 bridgehead atoms. The van der Waals surface area contributed by atoms with Crippen LogP contribution in [0.15, 0.2) is 47.1 Å². The number of aromatic nitrogens is 3. The number of carbonyl (C=O) groups excluding carboxylic acids is 1. The quantitative estimate of drug-likeness (QED) is 0.758. The summed E-state index contributed by atoms with van der Waals surface area (Å²) in [6, 6.07) is 10.6. The van der Waals surface area contributed by atoms with E-state index in [1.807, 2.05) is 12.1 Å². The molecule has 1 aromatic carbocycles. The minimum atomic E-state index is -0.248. The number of amides is 1. The molecule has 0 unspecified atom stereocenters. The highest BCUT2D eigenvalue weighted by Gasteiger charge is 2.09. The van der Waals surface area contributed by atoms with Gasteiger partial charge < -0.3 is 9.73 Å². The van der Waals surface area contributed by atoms with Gasteiger partial charge in [-0.15, -0.1) is 0 Å². The molecule has 0 aliphatic rings. The largest absolute Gasteiger partial charge is 0.459 e. The zero-order chi connectivity index (χ0) is 15.4. The van der Waals surface area contributed by atoms with Crippen molar-refractivity contribution in [1.82, 2.24) is 20.5 Å². The fourth-order valence-electron chi connectivity index (χ4n) is 1.92. The molecule has 2 aromatic heterocycles. The van der Waals surface area contributed by atoms with E-state index in [1.54, 1.807) is 24.3 Å². The van der Waals surface area contributed by atoms with Crippen LogP contribution < -0.4 is 5.32 Å². The molecule has 0 spiro atoms. The number of aromatic amines is 1. The zero-order valence-corrected chi connectivity index (χ0v) is 12.3. The average Bonchev–Trinajstić information content (AvgIpc) is 3.19. The molecule has 3 rings (SSSR count). The molecule has 22 heavy (non-hydrogen) atoms. The predicted octanol–water partition coefficient (Wildman–Crippen LogP) is 2.69. The van der Waals surface area contributed by atoms with Crippen molar-refractivity contribution in [2.24, 2.45) is 0 Å². The Hall–Kier alpha value is -2.60. The lowest BCUT2D eigenvalue weighted by Gasteiger charge is -2.00. The summed E-state index contributed by atoms with van der Waals surface area (Å²) >= 11 is 5.85. The summed E-state index contributed by atoms with van der Waals surface area (Å²) in [6.45, 7) is 0.439. The van der Waals surface area contributed by atoms with Gasteiger partial charge in [0.2, 0.25) is 0 Å². The molecule has 2 N–H and O–H groups in total. The van der Waals surface area contributed by atoms with Crippen LogP contribution in [0.2, 0.25) is 5.02 Å². The predicted molar refractivity (Wildman–Crippen MR) is 81.6 cm³/mol. The van der Waals surface area contributed by atoms with Gasteiger partial charge in [-0.05, 0) is 36.4 Å². The SMILES string of the molecule is O=C(NCCc1nc(-c2ccc(Cl)cc2)n[nH]1)c1ccco1. The lowest BCUT2D eigenvalue weighted by Crippen LogP contribution is -2.25. The number of carbonyl (C=O) groups is 1. The van der Waals surface area contributed by atoms with Crippen molar-refractivity contribution in [2.45, 2.75) is 6.42 Å². The Morgan fingerprint density at radius 1 is 1.27 bits per heavy atom. The summed E-state index contributed by atoms with van der Waals surface area (Å²) in [4.78, 5) is 16.1. The second-order valence-corrected chi connectivity index (χ2v) is 5.03. The van der Waals surface area contributed by atoms with Gasteiger partial charge in [0, 0.05) is 23.6 Å². The summed E-state index contributed by atoms with van der Waals surface area (Å²) in [6.07, 6.45) is 2.01. The number of hydrogen-bond donors (Lipinski definition) is 2. The molecule has 0 radical (unpaired) electrons. The number of nitrogens with one attached hydrogen (secondary N) is 2. The summed E-state index contributed by atoms with van der Waals surface area (Å²) < 4.78 is 5.01. The van der Waals surface area contributed by atoms with Crippen molar-refractivity contribution in [1.29, 1.82) is 0 Å². The van der Waals surface area contributed by atoms with Crippen molar-refractivity contribution in [3.8, 4) is 11.4 Å². The van der Waals surface area contributed by atoms with E-state index in [9.17, 15) is 4.79 Å². The third kappa shape index (κ3) is 3.35. The molecule has 0 saturated carbocycles. The van der Waals surface area contributed by atoms with Crippen LogP contribution in [0.4, 0.5) is 0 Å². The van der Waals surface area contributed by atoms with E-state index >= 15 is 0 Å². The summed E-state index contributed by atoms with van der Waals surface area (Å²) in [5, 5.41) is 10.4. The van der Waals surface area contributed by atoms with Gasteiger partial charge in [-0.3, -0.25) is 9.89 Å². The molecule has 6 nitrogen and oxygen atoms in total. The summed E-state index contributed by atoms with van der Waals surface area (Å²) in [5.41, 5.74) is 0.881. The molecule has 112 valence electrons. The first-order valence-electron chi connectivity index (χ1n) is 6.71. The Labute approximate surface area is 131 Å². The lowest BCUT2D eigenvalue weighted by atomic mass is 10.2. The molecular weight excluding hydrogens is 304 g/mol. The van der Waals surface area contributed by atoms with Gasteiger partial charge in [0.25, 0.3) is 5.91 Å². The second-order valence-electron chi connectivity index (χ2n) is 4.60. The first-order valence-corrected chi connectivity index (χ1v) is 7.09. The van der Waals surface area contributed by atoms with Crippen LogP contribution in [-0.2, 0) is 6.42 Å². The highest BCUT2D eigenvalue weighted by molar-refractivity contribution is 6.30. The number of benzene rings is 1. The van der Waals surface area contributed by atoms with Crippen LogP contribution in [-0.4, -0.2) is 27.6 Å². The third-order valence-corrected chi connectivity index (χ3v) is 3.28. The maximum absolute atomic E-state index is 11.7. The molecule has 0 atom stereocenters. The minimum Gasteiger partial charge on any atom is -0.459 e. The Bertz CT molecular complexity index is 750. The van der Waals surface area contributed by atoms with Crippen LogP contribution in [0.3, 0.4) is 0 Å². The van der Waals surface area contributed by atoms with E-state index in [4.69, 9.17) is 16.0 Å². The van der Waals surface area contributed by atoms with Crippen LogP contribution in [0.5, 0.6) is 0 Å². The van der Waals surface area contributed by atoms with E-state index in [0.29, 0.717) is 35.4 Å². The fourth-order valence-corrected chi connectivity index (χ4v) is 2.05. The van der Waals surface area contributed by atoms with E-state index in [-0.39, 0.29) is 5.91 Å². The molecule has 0 aliphatic heterocycles. The zero-order valence-electron chi connectivity index (χ0n) is 11.5. The summed E-state index contributed by atoms with van der Waals surface area (Å²) in [5.74, 6) is 1.34. The Kier molecular flexibility index (Phi) is 4.20. The Morgan fingerprint density at radius 2 is 2.09 bits per heavy atom. The Balaban J connectivity index is 1.56. The molecule has 0 saturated heterocycles. The normalized spacial score (nSPS) is 10.6. The van der Waals surface area contributed by atoms with Crippen LogP contribution in [0, 0.1) is 0 Å². The highest BCUT2D eigenvalue weighted by Crippen LogP contribution is 2.17. The first-order chi connectivity index (χ1) is 10.7. The highest BCUT2D eigenvalue weighted by atomic mass is 35.5. The van der Waals surface area contributed by atoms with Gasteiger partial charge in [-0.2, -0.15) is 5.10 Å². The Morgan fingerprint density at radius 3 is 2.82 bits per heavy atom. The monoisotopic (exact) mass is 316 g/mol. The first kappa shape index (κ1) is 14.3. The molecular formula is C15H13ClN4O2. The molecule has 3 aromatic rings. The van der Waals surface area contributed by atoms with Crippen molar-refractivity contribution in [3.63, 3.8) is 0 Å². The van der Waals surface area contributed by atoms with Gasteiger partial charge in [0.15, 0.2) is 11.6 Å². The van der Waals surface area contributed by atoms with Crippen LogP contribution in [0.25, 0.3) is 11.4 Å².